The van der Waals surface area contributed by atoms with Gasteiger partial charge in [0.2, 0.25) is 5.91 Å². The van der Waals surface area contributed by atoms with Crippen LogP contribution in [0.2, 0.25) is 0 Å². The molecule has 19 heavy (non-hydrogen) atoms. The van der Waals surface area contributed by atoms with Crippen molar-refractivity contribution >= 4 is 17.2 Å². The van der Waals surface area contributed by atoms with E-state index in [2.05, 4.69) is 15.0 Å². The molecule has 0 unspecified atom stereocenters. The summed E-state index contributed by atoms with van der Waals surface area (Å²) >= 11 is 1.40. The number of hydrogen-bond donors (Lipinski definition) is 1. The van der Waals surface area contributed by atoms with E-state index in [0.29, 0.717) is 5.69 Å². The SMILES string of the molecule is Cc1nc(CNC(=O)COCC(F)(F)C(F)F)cs1. The zero-order chi connectivity index (χ0) is 14.5. The van der Waals surface area contributed by atoms with Crippen LogP contribution in [0.5, 0.6) is 0 Å². The number of aromatic nitrogens is 1. The van der Waals surface area contributed by atoms with Crippen LogP contribution in [0.4, 0.5) is 17.6 Å². The molecule has 9 heteroatoms. The van der Waals surface area contributed by atoms with Crippen molar-refractivity contribution < 1.29 is 27.1 Å². The van der Waals surface area contributed by atoms with Crippen molar-refractivity contribution in [1.29, 1.82) is 0 Å². The number of ether oxygens (including phenoxy) is 1. The van der Waals surface area contributed by atoms with Crippen LogP contribution < -0.4 is 5.32 Å². The van der Waals surface area contributed by atoms with Crippen LogP contribution in [0.25, 0.3) is 0 Å². The minimum atomic E-state index is -4.24. The Bertz CT molecular complexity index is 425. The first-order valence-electron chi connectivity index (χ1n) is 5.22. The molecule has 0 aliphatic heterocycles. The summed E-state index contributed by atoms with van der Waals surface area (Å²) in [6.45, 7) is -0.261. The van der Waals surface area contributed by atoms with Crippen LogP contribution >= 0.6 is 11.3 Å². The number of carbonyl (C=O) groups excluding carboxylic acids is 1. The minimum absolute atomic E-state index is 0.137. The molecule has 0 aliphatic carbocycles. The zero-order valence-corrected chi connectivity index (χ0v) is 10.8. The summed E-state index contributed by atoms with van der Waals surface area (Å²) < 4.78 is 52.7. The van der Waals surface area contributed by atoms with Gasteiger partial charge in [-0.15, -0.1) is 11.3 Å². The Labute approximate surface area is 110 Å². The highest BCUT2D eigenvalue weighted by Gasteiger charge is 2.41. The van der Waals surface area contributed by atoms with E-state index in [1.807, 2.05) is 0 Å². The first-order valence-corrected chi connectivity index (χ1v) is 6.10. The summed E-state index contributed by atoms with van der Waals surface area (Å²) in [7, 11) is 0. The average molecular weight is 300 g/mol. The van der Waals surface area contributed by atoms with E-state index in [1.165, 1.54) is 11.3 Å². The highest BCUT2D eigenvalue weighted by Crippen LogP contribution is 2.22. The molecule has 0 saturated carbocycles. The second-order valence-corrected chi connectivity index (χ2v) is 4.75. The molecule has 0 aliphatic rings. The predicted molar refractivity (Wildman–Crippen MR) is 60.5 cm³/mol. The Morgan fingerprint density at radius 1 is 1.58 bits per heavy atom. The van der Waals surface area contributed by atoms with E-state index >= 15 is 0 Å². The van der Waals surface area contributed by atoms with Crippen LogP contribution in [0, 0.1) is 6.92 Å². The third kappa shape index (κ3) is 5.52. The van der Waals surface area contributed by atoms with Gasteiger partial charge in [-0.25, -0.2) is 13.8 Å². The number of halogens is 4. The molecule has 1 aromatic rings. The fraction of sp³-hybridized carbons (Fsp3) is 0.600. The average Bonchev–Trinajstić information content (AvgIpc) is 2.72. The molecular formula is C10H12F4N2O2S. The Balaban J connectivity index is 2.22. The van der Waals surface area contributed by atoms with Gasteiger partial charge in [0.15, 0.2) is 0 Å². The molecule has 0 atom stereocenters. The normalized spacial score (nSPS) is 11.9. The highest BCUT2D eigenvalue weighted by atomic mass is 32.1. The second-order valence-electron chi connectivity index (χ2n) is 3.69. The van der Waals surface area contributed by atoms with Gasteiger partial charge in [-0.2, -0.15) is 8.78 Å². The van der Waals surface area contributed by atoms with Crippen molar-refractivity contribution in [2.75, 3.05) is 13.2 Å². The number of nitrogens with zero attached hydrogens (tertiary/aromatic N) is 1. The standard InChI is InChI=1S/C10H12F4N2O2S/c1-6-16-7(4-19-6)2-15-8(17)3-18-5-10(13,14)9(11)12/h4,9H,2-3,5H2,1H3,(H,15,17). The van der Waals surface area contributed by atoms with Crippen LogP contribution in [0.15, 0.2) is 5.38 Å². The molecule has 0 radical (unpaired) electrons. The monoisotopic (exact) mass is 300 g/mol. The van der Waals surface area contributed by atoms with E-state index in [9.17, 15) is 22.4 Å². The maximum atomic E-state index is 12.4. The van der Waals surface area contributed by atoms with Crippen LogP contribution in [0.1, 0.15) is 10.7 Å². The fourth-order valence-electron chi connectivity index (χ4n) is 1.07. The number of alkyl halides is 4. The second kappa shape index (κ2) is 6.80. The van der Waals surface area contributed by atoms with Crippen molar-refractivity contribution in [2.24, 2.45) is 0 Å². The van der Waals surface area contributed by atoms with Gasteiger partial charge in [-0.3, -0.25) is 4.79 Å². The number of amides is 1. The van der Waals surface area contributed by atoms with Crippen molar-refractivity contribution in [3.63, 3.8) is 0 Å². The molecule has 0 aromatic carbocycles. The van der Waals surface area contributed by atoms with Gasteiger partial charge in [-0.1, -0.05) is 0 Å². The Morgan fingerprint density at radius 2 is 2.26 bits per heavy atom. The minimum Gasteiger partial charge on any atom is -0.365 e. The molecule has 4 nitrogen and oxygen atoms in total. The van der Waals surface area contributed by atoms with Gasteiger partial charge in [0, 0.05) is 5.38 Å². The third-order valence-electron chi connectivity index (χ3n) is 1.98. The van der Waals surface area contributed by atoms with Crippen LogP contribution in [-0.4, -0.2) is 36.5 Å². The smallest absolute Gasteiger partial charge is 0.330 e. The van der Waals surface area contributed by atoms with Gasteiger partial charge in [0.25, 0.3) is 0 Å². The quantitative estimate of drug-likeness (QED) is 0.783. The molecule has 1 heterocycles. The van der Waals surface area contributed by atoms with Gasteiger partial charge in [-0.05, 0) is 6.92 Å². The third-order valence-corrected chi connectivity index (χ3v) is 2.80. The van der Waals surface area contributed by atoms with E-state index in [1.54, 1.807) is 12.3 Å². The first-order chi connectivity index (χ1) is 8.81. The van der Waals surface area contributed by atoms with E-state index in [0.717, 1.165) is 5.01 Å². The fourth-order valence-corrected chi connectivity index (χ4v) is 1.68. The van der Waals surface area contributed by atoms with Gasteiger partial charge in [0.05, 0.1) is 17.2 Å². The largest absolute Gasteiger partial charge is 0.365 e. The highest BCUT2D eigenvalue weighted by molar-refractivity contribution is 7.09. The molecule has 1 N–H and O–H groups in total. The molecule has 1 amide bonds. The lowest BCUT2D eigenvalue weighted by Crippen LogP contribution is -2.35. The Hall–Kier alpha value is -1.22. The predicted octanol–water partition coefficient (Wildman–Crippen LogP) is 1.98. The number of carbonyl (C=O) groups is 1. The van der Waals surface area contributed by atoms with Gasteiger partial charge >= 0.3 is 12.3 Å². The van der Waals surface area contributed by atoms with Crippen molar-refractivity contribution in [1.82, 2.24) is 10.3 Å². The zero-order valence-electron chi connectivity index (χ0n) is 9.96. The topological polar surface area (TPSA) is 51.2 Å². The summed E-state index contributed by atoms with van der Waals surface area (Å²) in [5.74, 6) is -4.91. The lowest BCUT2D eigenvalue weighted by atomic mass is 10.4. The summed E-state index contributed by atoms with van der Waals surface area (Å²) in [5, 5.41) is 4.94. The summed E-state index contributed by atoms with van der Waals surface area (Å²) in [6.07, 6.45) is -3.81. The van der Waals surface area contributed by atoms with Crippen molar-refractivity contribution in [3.05, 3.63) is 16.1 Å². The first kappa shape index (κ1) is 15.8. The molecule has 1 aromatic heterocycles. The summed E-state index contributed by atoms with van der Waals surface area (Å²) in [4.78, 5) is 15.3. The van der Waals surface area contributed by atoms with E-state index in [4.69, 9.17) is 0 Å². The van der Waals surface area contributed by atoms with Crippen LogP contribution in [-0.2, 0) is 16.1 Å². The van der Waals surface area contributed by atoms with Crippen LogP contribution in [0.3, 0.4) is 0 Å². The Morgan fingerprint density at radius 3 is 2.79 bits per heavy atom. The molecule has 0 fully saturated rings. The van der Waals surface area contributed by atoms with Crippen molar-refractivity contribution in [3.8, 4) is 0 Å². The Kier molecular flexibility index (Phi) is 5.67. The molecule has 0 bridgehead atoms. The maximum Gasteiger partial charge on any atom is 0.330 e. The molecule has 1 rings (SSSR count). The van der Waals surface area contributed by atoms with Crippen molar-refractivity contribution in [2.45, 2.75) is 25.8 Å². The summed E-state index contributed by atoms with van der Waals surface area (Å²) in [6, 6.07) is 0. The number of thiazole rings is 1. The summed E-state index contributed by atoms with van der Waals surface area (Å²) in [5.41, 5.74) is 0.633. The van der Waals surface area contributed by atoms with E-state index in [-0.39, 0.29) is 6.54 Å². The molecule has 0 saturated heterocycles. The molecule has 108 valence electrons. The number of hydrogen-bond acceptors (Lipinski definition) is 4. The van der Waals surface area contributed by atoms with Gasteiger partial charge in [0.1, 0.15) is 13.2 Å². The lowest BCUT2D eigenvalue weighted by molar-refractivity contribution is -0.168. The van der Waals surface area contributed by atoms with Gasteiger partial charge < -0.3 is 10.1 Å². The van der Waals surface area contributed by atoms with E-state index < -0.39 is 31.5 Å². The number of nitrogens with one attached hydrogen (secondary N) is 1. The molecular weight excluding hydrogens is 288 g/mol. The number of rotatable bonds is 7. The molecule has 0 spiro atoms. The maximum absolute atomic E-state index is 12.4. The number of aryl methyl sites for hydroxylation is 1. The lowest BCUT2D eigenvalue weighted by Gasteiger charge is -2.14.